The number of hydrogen-bond donors (Lipinski definition) is 1. The van der Waals surface area contributed by atoms with Crippen LogP contribution in [0.1, 0.15) is 5.56 Å². The lowest BCUT2D eigenvalue weighted by atomic mass is 10.2. The predicted octanol–water partition coefficient (Wildman–Crippen LogP) is 2.38. The Bertz CT molecular complexity index is 867. The molecule has 0 atom stereocenters. The molecule has 2 aromatic carbocycles. The summed E-state index contributed by atoms with van der Waals surface area (Å²) >= 11 is 6.03. The van der Waals surface area contributed by atoms with E-state index in [1.54, 1.807) is 31.4 Å². The smallest absolute Gasteiger partial charge is 0.343 e. The van der Waals surface area contributed by atoms with Crippen LogP contribution in [0.5, 0.6) is 11.5 Å². The van der Waals surface area contributed by atoms with E-state index in [0.717, 1.165) is 5.56 Å². The summed E-state index contributed by atoms with van der Waals surface area (Å²) in [6.45, 7) is -0.206. The quantitative estimate of drug-likeness (QED) is 0.685. The molecule has 0 saturated heterocycles. The molecule has 0 unspecified atom stereocenters. The fourth-order valence-corrected chi connectivity index (χ4v) is 3.31. The topological polar surface area (TPSA) is 90.9 Å². The molecule has 0 aliphatic heterocycles. The normalized spacial score (nSPS) is 11.0. The van der Waals surface area contributed by atoms with E-state index in [9.17, 15) is 13.2 Å². The van der Waals surface area contributed by atoms with Crippen molar-refractivity contribution >= 4 is 27.6 Å². The van der Waals surface area contributed by atoms with Gasteiger partial charge in [-0.1, -0.05) is 23.7 Å². The van der Waals surface area contributed by atoms with Crippen molar-refractivity contribution in [2.24, 2.45) is 0 Å². The van der Waals surface area contributed by atoms with E-state index in [4.69, 9.17) is 21.1 Å². The molecule has 0 aliphatic carbocycles. The zero-order chi connectivity index (χ0) is 19.2. The number of carbonyl (C=O) groups is 1. The predicted molar refractivity (Wildman–Crippen MR) is 96.0 cm³/mol. The number of halogens is 1. The Balaban J connectivity index is 2.05. The SMILES string of the molecule is COC(=O)COc1ccc(S(=O)(=O)NCc2ccc(OC)cc2)cc1Cl. The second kappa shape index (κ2) is 8.88. The first kappa shape index (κ1) is 20.0. The highest BCUT2D eigenvalue weighted by Gasteiger charge is 2.16. The van der Waals surface area contributed by atoms with Crippen LogP contribution in [0.25, 0.3) is 0 Å². The van der Waals surface area contributed by atoms with E-state index in [0.29, 0.717) is 5.75 Å². The number of hydrogen-bond acceptors (Lipinski definition) is 6. The van der Waals surface area contributed by atoms with Crippen molar-refractivity contribution in [1.29, 1.82) is 0 Å². The Morgan fingerprint density at radius 3 is 2.38 bits per heavy atom. The lowest BCUT2D eigenvalue weighted by molar-refractivity contribution is -0.142. The molecule has 7 nitrogen and oxygen atoms in total. The largest absolute Gasteiger partial charge is 0.497 e. The third kappa shape index (κ3) is 5.35. The Hall–Kier alpha value is -2.29. The molecule has 0 aromatic heterocycles. The van der Waals surface area contributed by atoms with Crippen molar-refractivity contribution in [3.63, 3.8) is 0 Å². The van der Waals surface area contributed by atoms with Crippen LogP contribution >= 0.6 is 11.6 Å². The fourth-order valence-electron chi connectivity index (χ4n) is 1.97. The number of methoxy groups -OCH3 is 2. The summed E-state index contributed by atoms with van der Waals surface area (Å²) in [5.74, 6) is 0.302. The number of benzene rings is 2. The van der Waals surface area contributed by atoms with Crippen LogP contribution in [0.2, 0.25) is 5.02 Å². The van der Waals surface area contributed by atoms with Crippen molar-refractivity contribution in [2.75, 3.05) is 20.8 Å². The van der Waals surface area contributed by atoms with Gasteiger partial charge in [0, 0.05) is 6.54 Å². The molecule has 0 spiro atoms. The van der Waals surface area contributed by atoms with E-state index in [-0.39, 0.29) is 28.8 Å². The third-order valence-electron chi connectivity index (χ3n) is 3.41. The van der Waals surface area contributed by atoms with Crippen LogP contribution in [0.4, 0.5) is 0 Å². The standard InChI is InChI=1S/C17H18ClNO6S/c1-23-13-5-3-12(4-6-13)10-19-26(21,22)14-7-8-16(15(18)9-14)25-11-17(20)24-2/h3-9,19H,10-11H2,1-2H3. The average molecular weight is 400 g/mol. The van der Waals surface area contributed by atoms with Gasteiger partial charge in [0.05, 0.1) is 24.1 Å². The molecule has 0 aliphatic rings. The zero-order valence-electron chi connectivity index (χ0n) is 14.2. The van der Waals surface area contributed by atoms with E-state index >= 15 is 0 Å². The van der Waals surface area contributed by atoms with Crippen molar-refractivity contribution in [3.8, 4) is 11.5 Å². The third-order valence-corrected chi connectivity index (χ3v) is 5.11. The van der Waals surface area contributed by atoms with Crippen LogP contribution in [-0.4, -0.2) is 35.2 Å². The lowest BCUT2D eigenvalue weighted by Crippen LogP contribution is -2.23. The summed E-state index contributed by atoms with van der Waals surface area (Å²) in [5, 5.41) is 0.0706. The fraction of sp³-hybridized carbons (Fsp3) is 0.235. The molecule has 140 valence electrons. The van der Waals surface area contributed by atoms with Gasteiger partial charge in [-0.2, -0.15) is 0 Å². The molecular weight excluding hydrogens is 382 g/mol. The summed E-state index contributed by atoms with van der Waals surface area (Å²) in [4.78, 5) is 11.1. The number of nitrogens with one attached hydrogen (secondary N) is 1. The summed E-state index contributed by atoms with van der Waals surface area (Å²) in [6.07, 6.45) is 0. The Kier molecular flexibility index (Phi) is 6.84. The average Bonchev–Trinajstić information content (AvgIpc) is 2.65. The van der Waals surface area contributed by atoms with Gasteiger partial charge in [0.1, 0.15) is 11.5 Å². The van der Waals surface area contributed by atoms with E-state index < -0.39 is 16.0 Å². The van der Waals surface area contributed by atoms with Crippen LogP contribution in [0.15, 0.2) is 47.4 Å². The maximum atomic E-state index is 12.4. The summed E-state index contributed by atoms with van der Waals surface area (Å²) in [5.41, 5.74) is 0.776. The monoisotopic (exact) mass is 399 g/mol. The molecule has 26 heavy (non-hydrogen) atoms. The van der Waals surface area contributed by atoms with Crippen molar-refractivity contribution in [1.82, 2.24) is 4.72 Å². The van der Waals surface area contributed by atoms with E-state index in [1.165, 1.54) is 25.3 Å². The summed E-state index contributed by atoms with van der Waals surface area (Å²) in [7, 11) is -0.973. The molecule has 0 radical (unpaired) electrons. The maximum Gasteiger partial charge on any atom is 0.343 e. The van der Waals surface area contributed by atoms with E-state index in [2.05, 4.69) is 9.46 Å². The number of carbonyl (C=O) groups excluding carboxylic acids is 1. The number of ether oxygens (including phenoxy) is 3. The van der Waals surface area contributed by atoms with Gasteiger partial charge in [0.25, 0.3) is 0 Å². The van der Waals surface area contributed by atoms with Gasteiger partial charge < -0.3 is 14.2 Å². The molecule has 0 amide bonds. The molecule has 9 heteroatoms. The number of rotatable bonds is 8. The lowest BCUT2D eigenvalue weighted by Gasteiger charge is -2.10. The molecule has 0 saturated carbocycles. The van der Waals surface area contributed by atoms with Crippen LogP contribution < -0.4 is 14.2 Å². The van der Waals surface area contributed by atoms with Gasteiger partial charge in [0.2, 0.25) is 10.0 Å². The second-order valence-electron chi connectivity index (χ2n) is 5.13. The first-order valence-electron chi connectivity index (χ1n) is 7.47. The van der Waals surface area contributed by atoms with Crippen LogP contribution in [0, 0.1) is 0 Å². The molecule has 0 bridgehead atoms. The van der Waals surface area contributed by atoms with Gasteiger partial charge in [0.15, 0.2) is 6.61 Å². The van der Waals surface area contributed by atoms with Crippen LogP contribution in [0.3, 0.4) is 0 Å². The molecule has 2 aromatic rings. The first-order chi connectivity index (χ1) is 12.4. The Morgan fingerprint density at radius 2 is 1.81 bits per heavy atom. The highest BCUT2D eigenvalue weighted by molar-refractivity contribution is 7.89. The van der Waals surface area contributed by atoms with Crippen molar-refractivity contribution < 1.29 is 27.4 Å². The molecule has 0 fully saturated rings. The summed E-state index contributed by atoms with van der Waals surface area (Å²) in [6, 6.07) is 11.0. The van der Waals surface area contributed by atoms with Gasteiger partial charge in [-0.25, -0.2) is 17.9 Å². The molecule has 1 N–H and O–H groups in total. The minimum atomic E-state index is -3.76. The minimum Gasteiger partial charge on any atom is -0.497 e. The maximum absolute atomic E-state index is 12.4. The highest BCUT2D eigenvalue weighted by Crippen LogP contribution is 2.27. The van der Waals surface area contributed by atoms with Gasteiger partial charge in [-0.3, -0.25) is 0 Å². The van der Waals surface area contributed by atoms with Gasteiger partial charge in [-0.15, -0.1) is 0 Å². The first-order valence-corrected chi connectivity index (χ1v) is 9.33. The highest BCUT2D eigenvalue weighted by atomic mass is 35.5. The Labute approximate surface area is 156 Å². The molecular formula is C17H18ClNO6S. The van der Waals surface area contributed by atoms with Crippen LogP contribution in [-0.2, 0) is 26.1 Å². The summed E-state index contributed by atoms with van der Waals surface area (Å²) < 4.78 is 42.0. The van der Waals surface area contributed by atoms with Gasteiger partial charge in [-0.05, 0) is 35.9 Å². The second-order valence-corrected chi connectivity index (χ2v) is 7.30. The zero-order valence-corrected chi connectivity index (χ0v) is 15.8. The Morgan fingerprint density at radius 1 is 1.12 bits per heavy atom. The number of sulfonamides is 1. The molecule has 0 heterocycles. The van der Waals surface area contributed by atoms with E-state index in [1.807, 2.05) is 0 Å². The number of esters is 1. The van der Waals surface area contributed by atoms with Gasteiger partial charge >= 0.3 is 5.97 Å². The minimum absolute atomic E-state index is 0.0126. The van der Waals surface area contributed by atoms with Crippen molar-refractivity contribution in [2.45, 2.75) is 11.4 Å². The van der Waals surface area contributed by atoms with Crippen molar-refractivity contribution in [3.05, 3.63) is 53.1 Å². The molecule has 2 rings (SSSR count).